The van der Waals surface area contributed by atoms with Crippen molar-refractivity contribution in [2.75, 3.05) is 32.7 Å². The highest BCUT2D eigenvalue weighted by molar-refractivity contribution is 6.08. The molecule has 0 saturated carbocycles. The van der Waals surface area contributed by atoms with Crippen molar-refractivity contribution in [1.29, 1.82) is 0 Å². The highest BCUT2D eigenvalue weighted by Crippen LogP contribution is 2.27. The number of ether oxygens (including phenoxy) is 1. The predicted molar refractivity (Wildman–Crippen MR) is 97.3 cm³/mol. The van der Waals surface area contributed by atoms with Crippen LogP contribution in [-0.2, 0) is 14.4 Å². The highest BCUT2D eigenvalue weighted by Gasteiger charge is 2.55. The van der Waals surface area contributed by atoms with Crippen LogP contribution in [0.25, 0.3) is 0 Å². The molecule has 2 aliphatic rings. The number of Topliss-reactive ketones (excluding diaryl/α,β-unsaturated/α-hetero) is 1. The van der Waals surface area contributed by atoms with Crippen LogP contribution in [0.15, 0.2) is 30.3 Å². The van der Waals surface area contributed by atoms with E-state index in [1.165, 1.54) is 0 Å². The van der Waals surface area contributed by atoms with Crippen molar-refractivity contribution in [3.8, 4) is 5.75 Å². The lowest BCUT2D eigenvalue weighted by Gasteiger charge is -2.45. The molecular formula is C19H25N3O5. The monoisotopic (exact) mass is 375 g/mol. The summed E-state index contributed by atoms with van der Waals surface area (Å²) < 4.78 is 5.64. The number of nitrogens with one attached hydrogen (secondary N) is 1. The number of piperazine rings is 1. The van der Waals surface area contributed by atoms with Gasteiger partial charge in [-0.15, -0.1) is 0 Å². The van der Waals surface area contributed by atoms with Crippen LogP contribution in [0.4, 0.5) is 0 Å². The molecule has 0 bridgehead atoms. The summed E-state index contributed by atoms with van der Waals surface area (Å²) in [5.41, 5.74) is -2.35. The van der Waals surface area contributed by atoms with E-state index in [0.717, 1.165) is 37.8 Å². The molecule has 2 saturated heterocycles. The smallest absolute Gasteiger partial charge is 0.378 e. The first-order valence-corrected chi connectivity index (χ1v) is 9.19. The number of nitrogens with zero attached hydrogens (tertiary/aromatic N) is 2. The third-order valence-electron chi connectivity index (χ3n) is 5.23. The summed E-state index contributed by atoms with van der Waals surface area (Å²) in [4.78, 5) is 40.6. The van der Waals surface area contributed by atoms with Crippen LogP contribution in [0.3, 0.4) is 0 Å². The number of piperidine rings is 1. The molecule has 2 fully saturated rings. The number of para-hydroxylation sites is 1. The largest absolute Gasteiger partial charge is 0.476 e. The van der Waals surface area contributed by atoms with Crippen molar-refractivity contribution in [1.82, 2.24) is 15.1 Å². The Bertz CT molecular complexity index is 689. The minimum Gasteiger partial charge on any atom is -0.476 e. The number of ketones is 1. The second-order valence-corrected chi connectivity index (χ2v) is 6.92. The number of aliphatic carboxylic acids is 1. The number of benzene rings is 1. The summed E-state index contributed by atoms with van der Waals surface area (Å²) >= 11 is 0. The molecule has 1 unspecified atom stereocenters. The average Bonchev–Trinajstić information content (AvgIpc) is 2.67. The molecule has 0 aliphatic carbocycles. The summed E-state index contributed by atoms with van der Waals surface area (Å²) in [6.45, 7) is 3.68. The molecule has 2 aliphatic heterocycles. The van der Waals surface area contributed by atoms with Crippen LogP contribution < -0.4 is 10.1 Å². The number of carboxylic acid groups (broad SMARTS) is 1. The first-order chi connectivity index (χ1) is 12.9. The molecule has 2 N–H and O–H groups in total. The van der Waals surface area contributed by atoms with E-state index in [1.54, 1.807) is 30.3 Å². The first kappa shape index (κ1) is 19.3. The van der Waals surface area contributed by atoms with Gasteiger partial charge in [-0.3, -0.25) is 19.4 Å². The Morgan fingerprint density at radius 3 is 2.41 bits per heavy atom. The second kappa shape index (κ2) is 8.06. The Morgan fingerprint density at radius 1 is 1.19 bits per heavy atom. The number of carbonyl (C=O) groups excluding carboxylic acids is 2. The van der Waals surface area contributed by atoms with Gasteiger partial charge in [-0.1, -0.05) is 18.2 Å². The molecule has 27 heavy (non-hydrogen) atoms. The molecule has 8 heteroatoms. The maximum atomic E-state index is 12.9. The van der Waals surface area contributed by atoms with E-state index in [2.05, 4.69) is 10.2 Å². The quantitative estimate of drug-likeness (QED) is 0.692. The molecule has 1 aromatic carbocycles. The van der Waals surface area contributed by atoms with Gasteiger partial charge in [0.05, 0.1) is 6.54 Å². The Morgan fingerprint density at radius 2 is 1.85 bits per heavy atom. The third-order valence-corrected chi connectivity index (χ3v) is 5.23. The van der Waals surface area contributed by atoms with Crippen molar-refractivity contribution < 1.29 is 24.2 Å². The molecule has 146 valence electrons. The van der Waals surface area contributed by atoms with Gasteiger partial charge in [0.2, 0.25) is 11.7 Å². The van der Waals surface area contributed by atoms with Gasteiger partial charge in [0.25, 0.3) is 0 Å². The molecule has 8 nitrogen and oxygen atoms in total. The van der Waals surface area contributed by atoms with E-state index in [-0.39, 0.29) is 18.8 Å². The molecule has 1 atom stereocenters. The number of carbonyl (C=O) groups is 3. The van der Waals surface area contributed by atoms with Crippen molar-refractivity contribution in [3.05, 3.63) is 30.3 Å². The summed E-state index contributed by atoms with van der Waals surface area (Å²) in [5, 5.41) is 13.2. The zero-order valence-corrected chi connectivity index (χ0v) is 15.4. The maximum Gasteiger partial charge on any atom is 0.378 e. The molecule has 0 spiro atoms. The molecule has 1 amide bonds. The molecular weight excluding hydrogens is 350 g/mol. The first-order valence-electron chi connectivity index (χ1n) is 9.19. The van der Waals surface area contributed by atoms with Gasteiger partial charge >= 0.3 is 11.7 Å². The van der Waals surface area contributed by atoms with Crippen molar-refractivity contribution in [3.63, 3.8) is 0 Å². The Hall–Kier alpha value is -2.45. The fourth-order valence-corrected chi connectivity index (χ4v) is 3.79. The van der Waals surface area contributed by atoms with Gasteiger partial charge in [0, 0.05) is 26.1 Å². The SMILES string of the molecule is CC(=O)C(Oc1ccccc1)(C(=O)O)N1CCN(C2CCNCC2)CC1=O. The van der Waals surface area contributed by atoms with Gasteiger partial charge in [-0.2, -0.15) is 0 Å². The molecule has 2 heterocycles. The number of hydrogen-bond donors (Lipinski definition) is 2. The van der Waals surface area contributed by atoms with Gasteiger partial charge in [0.15, 0.2) is 0 Å². The maximum absolute atomic E-state index is 12.9. The van der Waals surface area contributed by atoms with E-state index in [9.17, 15) is 19.5 Å². The average molecular weight is 375 g/mol. The number of hydrogen-bond acceptors (Lipinski definition) is 6. The molecule has 0 radical (unpaired) electrons. The van der Waals surface area contributed by atoms with Crippen LogP contribution in [0.2, 0.25) is 0 Å². The molecule has 1 aromatic rings. The van der Waals surface area contributed by atoms with Gasteiger partial charge in [0.1, 0.15) is 5.75 Å². The predicted octanol–water partition coefficient (Wildman–Crippen LogP) is 0.332. The Labute approximate surface area is 158 Å². The summed E-state index contributed by atoms with van der Waals surface area (Å²) in [5.74, 6) is -2.40. The van der Waals surface area contributed by atoms with Gasteiger partial charge in [-0.25, -0.2) is 4.79 Å². The van der Waals surface area contributed by atoms with E-state index >= 15 is 0 Å². The lowest BCUT2D eigenvalue weighted by Crippen LogP contribution is -2.70. The van der Waals surface area contributed by atoms with Gasteiger partial charge < -0.3 is 15.2 Å². The third kappa shape index (κ3) is 3.81. The minimum atomic E-state index is -2.35. The van der Waals surface area contributed by atoms with Crippen LogP contribution >= 0.6 is 0 Å². The fourth-order valence-electron chi connectivity index (χ4n) is 3.79. The number of carboxylic acids is 1. The van der Waals surface area contributed by atoms with E-state index in [0.29, 0.717) is 12.6 Å². The fraction of sp³-hybridized carbons (Fsp3) is 0.526. The van der Waals surface area contributed by atoms with Crippen molar-refractivity contribution >= 4 is 17.7 Å². The Kier molecular flexibility index (Phi) is 5.76. The minimum absolute atomic E-state index is 0.0884. The normalized spacial score (nSPS) is 21.5. The summed E-state index contributed by atoms with van der Waals surface area (Å²) in [6, 6.07) is 8.54. The van der Waals surface area contributed by atoms with Crippen LogP contribution in [0.5, 0.6) is 5.75 Å². The van der Waals surface area contributed by atoms with E-state index in [1.807, 2.05) is 0 Å². The second-order valence-electron chi connectivity index (χ2n) is 6.92. The van der Waals surface area contributed by atoms with Crippen LogP contribution in [-0.4, -0.2) is 77.1 Å². The highest BCUT2D eigenvalue weighted by atomic mass is 16.6. The number of rotatable bonds is 6. The molecule has 0 aromatic heterocycles. The lowest BCUT2D eigenvalue weighted by molar-refractivity contribution is -0.190. The Balaban J connectivity index is 1.83. The zero-order chi connectivity index (χ0) is 19.4. The lowest BCUT2D eigenvalue weighted by atomic mass is 10.0. The van der Waals surface area contributed by atoms with E-state index in [4.69, 9.17) is 4.74 Å². The van der Waals surface area contributed by atoms with Crippen LogP contribution in [0.1, 0.15) is 19.8 Å². The van der Waals surface area contributed by atoms with Crippen molar-refractivity contribution in [2.45, 2.75) is 31.5 Å². The summed E-state index contributed by atoms with van der Waals surface area (Å²) in [6.07, 6.45) is 1.90. The van der Waals surface area contributed by atoms with E-state index < -0.39 is 23.4 Å². The standard InChI is InChI=1S/C19H25N3O5/c1-14(23)19(18(25)26,27-16-5-3-2-4-6-16)22-12-11-21(13-17(22)24)15-7-9-20-10-8-15/h2-6,15,20H,7-13H2,1H3,(H,25,26). The molecule has 3 rings (SSSR count). The van der Waals surface area contributed by atoms with Gasteiger partial charge in [-0.05, 0) is 38.1 Å². The zero-order valence-electron chi connectivity index (χ0n) is 15.4. The number of amides is 1. The summed E-state index contributed by atoms with van der Waals surface area (Å²) in [7, 11) is 0. The van der Waals surface area contributed by atoms with Crippen molar-refractivity contribution in [2.24, 2.45) is 0 Å². The topological polar surface area (TPSA) is 99.2 Å². The van der Waals surface area contributed by atoms with Crippen LogP contribution in [0, 0.1) is 0 Å².